The van der Waals surface area contributed by atoms with E-state index in [-0.39, 0.29) is 29.4 Å². The Balaban J connectivity index is 1.53. The van der Waals surface area contributed by atoms with E-state index < -0.39 is 5.97 Å². The average Bonchev–Trinajstić information content (AvgIpc) is 3.49. The van der Waals surface area contributed by atoms with E-state index in [1.807, 2.05) is 44.1 Å². The van der Waals surface area contributed by atoms with Crippen LogP contribution in [-0.2, 0) is 16.1 Å². The van der Waals surface area contributed by atoms with Crippen LogP contribution in [0, 0.1) is 29.1 Å². The fourth-order valence-corrected chi connectivity index (χ4v) is 6.82. The minimum atomic E-state index is -1.06. The van der Waals surface area contributed by atoms with Crippen LogP contribution in [0.1, 0.15) is 97.6 Å². The summed E-state index contributed by atoms with van der Waals surface area (Å²) in [5, 5.41) is 9.90. The fraction of sp³-hybridized carbons (Fsp3) is 0.639. The van der Waals surface area contributed by atoms with Crippen molar-refractivity contribution >= 4 is 23.6 Å². The van der Waals surface area contributed by atoms with E-state index in [4.69, 9.17) is 9.72 Å². The summed E-state index contributed by atoms with van der Waals surface area (Å²) in [7, 11) is 0. The van der Waals surface area contributed by atoms with Crippen molar-refractivity contribution in [3.63, 3.8) is 0 Å². The number of nitrogens with zero attached hydrogens (tertiary/aromatic N) is 3. The summed E-state index contributed by atoms with van der Waals surface area (Å²) in [6, 6.07) is 5.92. The summed E-state index contributed by atoms with van der Waals surface area (Å²) < 4.78 is 6.37. The first-order valence-corrected chi connectivity index (χ1v) is 17.6. The van der Waals surface area contributed by atoms with Gasteiger partial charge in [0.05, 0.1) is 16.3 Å². The lowest BCUT2D eigenvalue weighted by molar-refractivity contribution is -0.137. The van der Waals surface area contributed by atoms with E-state index in [1.165, 1.54) is 30.7 Å². The highest BCUT2D eigenvalue weighted by Gasteiger charge is 2.36. The van der Waals surface area contributed by atoms with Gasteiger partial charge in [-0.1, -0.05) is 24.8 Å². The Morgan fingerprint density at radius 3 is 2.36 bits per heavy atom. The number of ether oxygens (including phenoxy) is 1. The first-order chi connectivity index (χ1) is 21.0. The van der Waals surface area contributed by atoms with Gasteiger partial charge in [-0.25, -0.2) is 9.78 Å². The predicted octanol–water partition coefficient (Wildman–Crippen LogP) is 7.29. The highest BCUT2D eigenvalue weighted by molar-refractivity contribution is 8.02. The number of amides is 1. The van der Waals surface area contributed by atoms with E-state index in [1.54, 1.807) is 6.08 Å². The summed E-state index contributed by atoms with van der Waals surface area (Å²) in [6.45, 7) is 11.5. The van der Waals surface area contributed by atoms with Crippen molar-refractivity contribution in [2.24, 2.45) is 17.3 Å². The summed E-state index contributed by atoms with van der Waals surface area (Å²) in [5.41, 5.74) is 1.26. The number of thioether (sulfide) groups is 1. The van der Waals surface area contributed by atoms with Gasteiger partial charge in [-0.05, 0) is 122 Å². The van der Waals surface area contributed by atoms with Gasteiger partial charge in [0.25, 0.3) is 0 Å². The topological polar surface area (TPSA) is 83.0 Å². The van der Waals surface area contributed by atoms with Crippen molar-refractivity contribution in [1.29, 1.82) is 0 Å². The smallest absolute Gasteiger partial charge is 0.330 e. The molecule has 1 aromatic rings. The standard InChI is InChI=1S/C36H51N3O4S/c1-26-11-13-27(14-12-26)35(42)39(30(24-34(40)41)23-32(44-5)19-20-36(2,3)4)29-15-17-31(18-16-29)43-33-10-8-9-28(37-33)25-38-21-6-7-22-38/h8-10,23-24,26-27,29,31H,6-7,11-18,21-22,25H2,1-5H3,(H,40,41)/b30-24-,32-23-/t26-,27-,29-,31-. The molecule has 7 nitrogen and oxygen atoms in total. The number of aliphatic carboxylic acids is 1. The van der Waals surface area contributed by atoms with Crippen LogP contribution in [0.3, 0.4) is 0 Å². The maximum Gasteiger partial charge on any atom is 0.330 e. The van der Waals surface area contributed by atoms with Crippen molar-refractivity contribution < 1.29 is 19.4 Å². The van der Waals surface area contributed by atoms with Gasteiger partial charge in [-0.2, -0.15) is 0 Å². The molecule has 1 aromatic heterocycles. The van der Waals surface area contributed by atoms with Crippen molar-refractivity contribution in [3.8, 4) is 17.7 Å². The predicted molar refractivity (Wildman–Crippen MR) is 178 cm³/mol. The largest absolute Gasteiger partial charge is 0.478 e. The molecule has 4 rings (SSSR count). The van der Waals surface area contributed by atoms with Crippen LogP contribution in [-0.4, -0.2) is 63.3 Å². The zero-order chi connectivity index (χ0) is 31.7. The van der Waals surface area contributed by atoms with Crippen LogP contribution in [0.2, 0.25) is 0 Å². The molecule has 0 bridgehead atoms. The number of aromatic nitrogens is 1. The number of carbonyl (C=O) groups is 2. The Bertz CT molecular complexity index is 1250. The van der Waals surface area contributed by atoms with Crippen LogP contribution in [0.15, 0.2) is 41.0 Å². The maximum absolute atomic E-state index is 14.2. The molecule has 3 fully saturated rings. The lowest BCUT2D eigenvalue weighted by atomic mass is 9.81. The van der Waals surface area contributed by atoms with E-state index >= 15 is 0 Å². The summed E-state index contributed by atoms with van der Waals surface area (Å²) >= 11 is 1.48. The monoisotopic (exact) mass is 621 g/mol. The molecule has 0 atom stereocenters. The quantitative estimate of drug-likeness (QED) is 0.167. The van der Waals surface area contributed by atoms with Crippen LogP contribution in [0.4, 0.5) is 0 Å². The number of carboxylic acids is 1. The summed E-state index contributed by atoms with van der Waals surface area (Å²) in [6.07, 6.45) is 14.2. The Morgan fingerprint density at radius 2 is 1.75 bits per heavy atom. The van der Waals surface area contributed by atoms with Gasteiger partial charge in [0.2, 0.25) is 11.8 Å². The molecule has 240 valence electrons. The Morgan fingerprint density at radius 1 is 1.07 bits per heavy atom. The number of likely N-dealkylation sites (tertiary alicyclic amines) is 1. The van der Waals surface area contributed by atoms with Gasteiger partial charge in [0, 0.05) is 36.1 Å². The molecular formula is C36H51N3O4S. The highest BCUT2D eigenvalue weighted by Crippen LogP contribution is 2.35. The molecule has 0 radical (unpaired) electrons. The Labute approximate surface area is 268 Å². The van der Waals surface area contributed by atoms with Gasteiger partial charge in [-0.3, -0.25) is 9.69 Å². The average molecular weight is 622 g/mol. The zero-order valence-electron chi connectivity index (χ0n) is 27.3. The van der Waals surface area contributed by atoms with Gasteiger partial charge in [-0.15, -0.1) is 11.8 Å². The fourth-order valence-electron chi connectivity index (χ4n) is 6.43. The number of hydrogen-bond acceptors (Lipinski definition) is 6. The normalized spacial score (nSPS) is 25.2. The van der Waals surface area contributed by atoms with E-state index in [0.717, 1.165) is 81.6 Å². The van der Waals surface area contributed by atoms with Crippen molar-refractivity contribution in [2.75, 3.05) is 19.3 Å². The number of rotatable bonds is 10. The van der Waals surface area contributed by atoms with Crippen molar-refractivity contribution in [2.45, 2.75) is 111 Å². The van der Waals surface area contributed by atoms with E-state index in [2.05, 4.69) is 29.7 Å². The molecule has 0 unspecified atom stereocenters. The minimum absolute atomic E-state index is 0.00937. The van der Waals surface area contributed by atoms with Crippen LogP contribution in [0.5, 0.6) is 5.88 Å². The van der Waals surface area contributed by atoms with E-state index in [9.17, 15) is 14.7 Å². The third kappa shape index (κ3) is 10.4. The number of allylic oxidation sites excluding steroid dienone is 2. The molecule has 1 amide bonds. The second-order valence-corrected chi connectivity index (χ2v) is 14.6. The number of pyridine rings is 1. The Hall–Kier alpha value is -2.76. The molecule has 0 aromatic carbocycles. The number of carboxylic acid groups (broad SMARTS) is 1. The van der Waals surface area contributed by atoms with Gasteiger partial charge in [0.1, 0.15) is 6.10 Å². The molecule has 8 heteroatoms. The number of hydrogen-bond donors (Lipinski definition) is 1. The van der Waals surface area contributed by atoms with Crippen molar-refractivity contribution in [3.05, 3.63) is 46.6 Å². The molecule has 44 heavy (non-hydrogen) atoms. The summed E-state index contributed by atoms with van der Waals surface area (Å²) in [5.74, 6) is 6.66. The van der Waals surface area contributed by atoms with Gasteiger partial charge in [0.15, 0.2) is 0 Å². The molecule has 2 heterocycles. The lowest BCUT2D eigenvalue weighted by Crippen LogP contribution is -2.46. The lowest BCUT2D eigenvalue weighted by Gasteiger charge is -2.40. The molecule has 2 saturated carbocycles. The zero-order valence-corrected chi connectivity index (χ0v) is 28.1. The third-order valence-corrected chi connectivity index (χ3v) is 9.53. The van der Waals surface area contributed by atoms with Gasteiger partial charge < -0.3 is 14.7 Å². The van der Waals surface area contributed by atoms with Gasteiger partial charge >= 0.3 is 5.97 Å². The molecule has 0 spiro atoms. The highest BCUT2D eigenvalue weighted by atomic mass is 32.2. The maximum atomic E-state index is 14.2. The molecule has 1 aliphatic heterocycles. The van der Waals surface area contributed by atoms with E-state index in [0.29, 0.717) is 17.5 Å². The second-order valence-electron chi connectivity index (χ2n) is 13.8. The SMILES string of the molecule is CS/C(C#CC(C)(C)C)=C\C(=C\C(=O)O)N(C(=O)[C@H]1CC[C@H](C)CC1)[C@H]1CC[C@H](Oc2cccc(CN3CCCC3)n2)CC1. The van der Waals surface area contributed by atoms with Crippen LogP contribution in [0.25, 0.3) is 0 Å². The number of carbonyl (C=O) groups excluding carboxylic acids is 1. The minimum Gasteiger partial charge on any atom is -0.478 e. The molecule has 1 saturated heterocycles. The van der Waals surface area contributed by atoms with Crippen LogP contribution < -0.4 is 4.74 Å². The Kier molecular flexibility index (Phi) is 12.4. The van der Waals surface area contributed by atoms with Crippen LogP contribution >= 0.6 is 11.8 Å². The van der Waals surface area contributed by atoms with Crippen molar-refractivity contribution in [1.82, 2.24) is 14.8 Å². The second kappa shape index (κ2) is 16.0. The first-order valence-electron chi connectivity index (χ1n) is 16.4. The molecule has 3 aliphatic rings. The molecular weight excluding hydrogens is 570 g/mol. The molecule has 2 aliphatic carbocycles. The summed E-state index contributed by atoms with van der Waals surface area (Å²) in [4.78, 5) is 36.1. The first kappa shape index (κ1) is 34.1. The third-order valence-electron chi connectivity index (χ3n) is 8.87. The molecule has 1 N–H and O–H groups in total.